The van der Waals surface area contributed by atoms with Crippen LogP contribution in [0.1, 0.15) is 18.5 Å². The fraction of sp³-hybridized carbons (Fsp3) is 0.318. The second kappa shape index (κ2) is 8.97. The maximum Gasteiger partial charge on any atom is 0.274 e. The molecule has 0 saturated carbocycles. The fourth-order valence-corrected chi connectivity index (χ4v) is 4.09. The van der Waals surface area contributed by atoms with Crippen molar-refractivity contribution >= 4 is 44.3 Å². The lowest BCUT2D eigenvalue weighted by Gasteiger charge is -2.32. The van der Waals surface area contributed by atoms with Crippen molar-refractivity contribution in [1.82, 2.24) is 19.7 Å². The molecule has 2 amide bonds. The average Bonchev–Trinajstić information content (AvgIpc) is 2.79. The van der Waals surface area contributed by atoms with Crippen molar-refractivity contribution in [2.45, 2.75) is 19.3 Å². The Hall–Kier alpha value is -3.07. The number of aryl methyl sites for hydroxylation is 1. The van der Waals surface area contributed by atoms with Crippen LogP contribution in [0.3, 0.4) is 0 Å². The van der Waals surface area contributed by atoms with Crippen molar-refractivity contribution in [3.8, 4) is 0 Å². The molecule has 1 atom stereocenters. The Morgan fingerprint density at radius 3 is 2.71 bits per heavy atom. The molecule has 3 aromatic rings. The Kier molecular flexibility index (Phi) is 6.13. The number of amides is 2. The van der Waals surface area contributed by atoms with Gasteiger partial charge in [0.15, 0.2) is 0 Å². The number of aromatic nitrogens is 3. The number of nitrogens with zero attached hydrogens (tertiary/aromatic N) is 4. The number of benzene rings is 1. The highest BCUT2D eigenvalue weighted by atomic mass is 79.9. The molecular weight excluding hydrogens is 462 g/mol. The normalized spacial score (nSPS) is 16.3. The third-order valence-corrected chi connectivity index (χ3v) is 5.94. The number of fused-ring (bicyclic) bond motifs is 1. The molecule has 1 aliphatic rings. The van der Waals surface area contributed by atoms with E-state index in [-0.39, 0.29) is 29.7 Å². The third-order valence-electron chi connectivity index (χ3n) is 5.48. The van der Waals surface area contributed by atoms with Crippen molar-refractivity contribution in [2.24, 2.45) is 13.0 Å². The molecule has 9 heteroatoms. The molecule has 8 nitrogen and oxygen atoms in total. The van der Waals surface area contributed by atoms with Gasteiger partial charge >= 0.3 is 0 Å². The molecule has 4 rings (SSSR count). The van der Waals surface area contributed by atoms with Crippen LogP contribution in [0.5, 0.6) is 0 Å². The number of pyridine rings is 1. The minimum absolute atomic E-state index is 0.0806. The van der Waals surface area contributed by atoms with Crippen molar-refractivity contribution in [3.63, 3.8) is 0 Å². The summed E-state index contributed by atoms with van der Waals surface area (Å²) in [6.07, 6.45) is 3.17. The van der Waals surface area contributed by atoms with Gasteiger partial charge in [0, 0.05) is 36.2 Å². The summed E-state index contributed by atoms with van der Waals surface area (Å²) in [7, 11) is 1.58. The van der Waals surface area contributed by atoms with Crippen LogP contribution in [-0.4, -0.2) is 44.6 Å². The van der Waals surface area contributed by atoms with Gasteiger partial charge in [-0.3, -0.25) is 14.4 Å². The Morgan fingerprint density at radius 2 is 1.97 bits per heavy atom. The molecule has 2 aromatic heterocycles. The molecule has 1 saturated heterocycles. The van der Waals surface area contributed by atoms with E-state index in [1.807, 2.05) is 18.2 Å². The number of halogens is 1. The lowest BCUT2D eigenvalue weighted by molar-refractivity contribution is -0.134. The van der Waals surface area contributed by atoms with Crippen molar-refractivity contribution < 1.29 is 9.59 Å². The molecule has 3 heterocycles. The number of carbonyl (C=O) groups excluding carboxylic acids is 2. The summed E-state index contributed by atoms with van der Waals surface area (Å²) in [6, 6.07) is 10.7. The van der Waals surface area contributed by atoms with Crippen LogP contribution in [-0.2, 0) is 23.1 Å². The van der Waals surface area contributed by atoms with Gasteiger partial charge in [-0.2, -0.15) is 5.10 Å². The maximum absolute atomic E-state index is 13.0. The summed E-state index contributed by atoms with van der Waals surface area (Å²) < 4.78 is 2.10. The van der Waals surface area contributed by atoms with Gasteiger partial charge in [-0.05, 0) is 47.0 Å². The molecule has 0 radical (unpaired) electrons. The molecule has 1 N–H and O–H groups in total. The van der Waals surface area contributed by atoms with Crippen molar-refractivity contribution in [2.75, 3.05) is 18.4 Å². The molecule has 0 spiro atoms. The molecule has 1 aromatic carbocycles. The number of likely N-dealkylation sites (tertiary alicyclic amines) is 1. The Morgan fingerprint density at radius 1 is 1.19 bits per heavy atom. The Labute approximate surface area is 187 Å². The average molecular weight is 484 g/mol. The molecule has 160 valence electrons. The van der Waals surface area contributed by atoms with Gasteiger partial charge in [0.1, 0.15) is 5.82 Å². The zero-order valence-corrected chi connectivity index (χ0v) is 18.6. The topological polar surface area (TPSA) is 97.2 Å². The largest absolute Gasteiger partial charge is 0.342 e. The third kappa shape index (κ3) is 4.66. The van der Waals surface area contributed by atoms with Crippen LogP contribution >= 0.6 is 15.9 Å². The number of hydrogen-bond acceptors (Lipinski definition) is 5. The highest BCUT2D eigenvalue weighted by Gasteiger charge is 2.29. The molecule has 0 aliphatic carbocycles. The van der Waals surface area contributed by atoms with E-state index in [1.165, 1.54) is 4.68 Å². The minimum atomic E-state index is -0.298. The van der Waals surface area contributed by atoms with Gasteiger partial charge in [0.25, 0.3) is 5.56 Å². The SMILES string of the molecule is Cn1nc(CC(=O)N2CCCC(C(=O)Nc3ccc(Br)cn3)C2)c2ccccc2c1=O. The molecule has 1 fully saturated rings. The number of nitrogens with one attached hydrogen (secondary N) is 1. The van der Waals surface area contributed by atoms with Gasteiger partial charge < -0.3 is 10.2 Å². The standard InChI is InChI=1S/C22H22BrN5O3/c1-27-22(31)17-7-3-2-6-16(17)18(26-27)11-20(29)28-10-4-5-14(13-28)21(30)25-19-9-8-15(23)12-24-19/h2-3,6-9,12,14H,4-5,10-11,13H2,1H3,(H,24,25,30). The quantitative estimate of drug-likeness (QED) is 0.614. The fourth-order valence-electron chi connectivity index (χ4n) is 3.86. The van der Waals surface area contributed by atoms with Gasteiger partial charge in [-0.1, -0.05) is 18.2 Å². The van der Waals surface area contributed by atoms with Gasteiger partial charge in [0.2, 0.25) is 11.8 Å². The van der Waals surface area contributed by atoms with Gasteiger partial charge in [-0.15, -0.1) is 0 Å². The summed E-state index contributed by atoms with van der Waals surface area (Å²) in [4.78, 5) is 43.9. The van der Waals surface area contributed by atoms with Crippen LogP contribution in [0.2, 0.25) is 0 Å². The van der Waals surface area contributed by atoms with E-state index in [9.17, 15) is 14.4 Å². The predicted octanol–water partition coefficient (Wildman–Crippen LogP) is 2.51. The lowest BCUT2D eigenvalue weighted by Crippen LogP contribution is -2.44. The first-order chi connectivity index (χ1) is 14.9. The van der Waals surface area contributed by atoms with Crippen LogP contribution in [0.25, 0.3) is 10.8 Å². The van der Waals surface area contributed by atoms with E-state index < -0.39 is 0 Å². The Bertz CT molecular complexity index is 1190. The second-order valence-electron chi connectivity index (χ2n) is 7.63. The monoisotopic (exact) mass is 483 g/mol. The number of piperidine rings is 1. The number of anilines is 1. The van der Waals surface area contributed by atoms with Gasteiger partial charge in [0.05, 0.1) is 23.4 Å². The highest BCUT2D eigenvalue weighted by molar-refractivity contribution is 9.10. The van der Waals surface area contributed by atoms with E-state index in [0.29, 0.717) is 41.8 Å². The molecule has 0 bridgehead atoms. The summed E-state index contributed by atoms with van der Waals surface area (Å²) in [5.41, 5.74) is 0.372. The summed E-state index contributed by atoms with van der Waals surface area (Å²) in [5, 5.41) is 8.37. The smallest absolute Gasteiger partial charge is 0.274 e. The van der Waals surface area contributed by atoms with Crippen molar-refractivity contribution in [3.05, 3.63) is 63.1 Å². The molecule has 1 aliphatic heterocycles. The zero-order valence-electron chi connectivity index (χ0n) is 17.0. The Balaban J connectivity index is 1.46. The predicted molar refractivity (Wildman–Crippen MR) is 121 cm³/mol. The van der Waals surface area contributed by atoms with Crippen molar-refractivity contribution in [1.29, 1.82) is 0 Å². The van der Waals surface area contributed by atoms with E-state index in [2.05, 4.69) is 31.3 Å². The number of carbonyl (C=O) groups is 2. The molecule has 31 heavy (non-hydrogen) atoms. The first kappa shape index (κ1) is 21.2. The minimum Gasteiger partial charge on any atom is -0.342 e. The van der Waals surface area contributed by atoms with Gasteiger partial charge in [-0.25, -0.2) is 9.67 Å². The second-order valence-corrected chi connectivity index (χ2v) is 8.54. The highest BCUT2D eigenvalue weighted by Crippen LogP contribution is 2.21. The molecule has 1 unspecified atom stereocenters. The van der Waals surface area contributed by atoms with Crippen LogP contribution in [0.4, 0.5) is 5.82 Å². The summed E-state index contributed by atoms with van der Waals surface area (Å²) in [5.74, 6) is -0.0564. The van der Waals surface area contributed by atoms with E-state index in [0.717, 1.165) is 10.9 Å². The van der Waals surface area contributed by atoms with E-state index >= 15 is 0 Å². The molecular formula is C22H22BrN5O3. The van der Waals surface area contributed by atoms with Crippen LogP contribution in [0, 0.1) is 5.92 Å². The van der Waals surface area contributed by atoms with Crippen LogP contribution in [0.15, 0.2) is 51.9 Å². The maximum atomic E-state index is 13.0. The zero-order chi connectivity index (χ0) is 22.0. The van der Waals surface area contributed by atoms with E-state index in [1.54, 1.807) is 36.3 Å². The number of hydrogen-bond donors (Lipinski definition) is 1. The van der Waals surface area contributed by atoms with E-state index in [4.69, 9.17) is 0 Å². The lowest BCUT2D eigenvalue weighted by atomic mass is 9.96. The van der Waals surface area contributed by atoms with Crippen LogP contribution < -0.4 is 10.9 Å². The summed E-state index contributed by atoms with van der Waals surface area (Å²) >= 11 is 3.32. The first-order valence-corrected chi connectivity index (χ1v) is 10.9. The number of rotatable bonds is 4. The first-order valence-electron chi connectivity index (χ1n) is 10.1. The summed E-state index contributed by atoms with van der Waals surface area (Å²) in [6.45, 7) is 0.952.